The molecule has 0 bridgehead atoms. The Labute approximate surface area is 118 Å². The molecule has 1 atom stereocenters. The number of hydrogen-bond acceptors (Lipinski definition) is 2. The van der Waals surface area contributed by atoms with Gasteiger partial charge in [-0.05, 0) is 19.8 Å². The number of nitrogens with one attached hydrogen (secondary N) is 1. The lowest BCUT2D eigenvalue weighted by atomic mass is 9.99. The quantitative estimate of drug-likeness (QED) is 0.692. The van der Waals surface area contributed by atoms with Gasteiger partial charge in [0, 0.05) is 25.7 Å². The fourth-order valence-corrected chi connectivity index (χ4v) is 2.35. The highest BCUT2D eigenvalue weighted by Crippen LogP contribution is 2.15. The molecule has 18 heavy (non-hydrogen) atoms. The average Bonchev–Trinajstić information content (AvgIpc) is 2.22. The minimum Gasteiger partial charge on any atom is -0.340 e. The predicted molar refractivity (Wildman–Crippen MR) is 79.2 cm³/mol. The summed E-state index contributed by atoms with van der Waals surface area (Å²) in [6.07, 6.45) is 5.87. The molecule has 0 aromatic rings. The predicted octanol–water partition coefficient (Wildman–Crippen LogP) is 2.84. The van der Waals surface area contributed by atoms with E-state index in [-0.39, 0.29) is 18.3 Å². The van der Waals surface area contributed by atoms with Crippen molar-refractivity contribution in [1.82, 2.24) is 10.2 Å². The number of unbranched alkanes of at least 4 members (excludes halogenated alkanes) is 2. The lowest BCUT2D eigenvalue weighted by molar-refractivity contribution is -0.139. The van der Waals surface area contributed by atoms with E-state index in [1.54, 1.807) is 0 Å². The number of halogens is 1. The molecule has 1 saturated heterocycles. The smallest absolute Gasteiger partial charge is 0.228 e. The Morgan fingerprint density at radius 3 is 2.39 bits per heavy atom. The van der Waals surface area contributed by atoms with E-state index in [0.29, 0.717) is 11.9 Å². The van der Waals surface area contributed by atoms with Crippen LogP contribution >= 0.6 is 12.4 Å². The van der Waals surface area contributed by atoms with Gasteiger partial charge in [-0.15, -0.1) is 12.4 Å². The van der Waals surface area contributed by atoms with E-state index in [9.17, 15) is 4.79 Å². The van der Waals surface area contributed by atoms with Crippen molar-refractivity contribution in [3.63, 3.8) is 0 Å². The summed E-state index contributed by atoms with van der Waals surface area (Å²) in [6, 6.07) is 0.407. The maximum Gasteiger partial charge on any atom is 0.228 e. The van der Waals surface area contributed by atoms with Gasteiger partial charge in [0.15, 0.2) is 0 Å². The van der Waals surface area contributed by atoms with Gasteiger partial charge in [0.25, 0.3) is 0 Å². The lowest BCUT2D eigenvalue weighted by Crippen LogP contribution is -2.54. The van der Waals surface area contributed by atoms with Crippen LogP contribution in [0.5, 0.6) is 0 Å². The molecule has 4 heteroatoms. The van der Waals surface area contributed by atoms with Gasteiger partial charge in [0.1, 0.15) is 0 Å². The number of carbonyl (C=O) groups is 1. The fraction of sp³-hybridized carbons (Fsp3) is 0.929. The average molecular weight is 277 g/mol. The van der Waals surface area contributed by atoms with Crippen LogP contribution < -0.4 is 5.32 Å². The van der Waals surface area contributed by atoms with Crippen molar-refractivity contribution < 1.29 is 4.79 Å². The minimum atomic E-state index is 0. The van der Waals surface area contributed by atoms with Crippen LogP contribution in [-0.2, 0) is 4.79 Å². The molecular formula is C14H29ClN2O. The summed E-state index contributed by atoms with van der Waals surface area (Å²) >= 11 is 0. The molecular weight excluding hydrogens is 248 g/mol. The molecule has 0 aromatic heterocycles. The summed E-state index contributed by atoms with van der Waals surface area (Å²) in [5.41, 5.74) is 0. The molecule has 1 N–H and O–H groups in total. The SMILES string of the molecule is CCCCCN(C(=O)C1CNC1)C(C)CCC.Cl. The van der Waals surface area contributed by atoms with Gasteiger partial charge in [-0.1, -0.05) is 33.1 Å². The van der Waals surface area contributed by atoms with E-state index in [4.69, 9.17) is 0 Å². The van der Waals surface area contributed by atoms with Crippen LogP contribution in [0.15, 0.2) is 0 Å². The van der Waals surface area contributed by atoms with Gasteiger partial charge >= 0.3 is 0 Å². The van der Waals surface area contributed by atoms with Crippen molar-refractivity contribution in [3.05, 3.63) is 0 Å². The first-order valence-corrected chi connectivity index (χ1v) is 7.21. The molecule has 1 aliphatic rings. The van der Waals surface area contributed by atoms with Crippen LogP contribution in [0.1, 0.15) is 52.9 Å². The summed E-state index contributed by atoms with van der Waals surface area (Å²) in [4.78, 5) is 14.5. The molecule has 1 aliphatic heterocycles. The number of amides is 1. The standard InChI is InChI=1S/C14H28N2O.ClH/c1-4-6-7-9-16(12(3)8-5-2)14(17)13-10-15-11-13;/h12-13,15H,4-11H2,1-3H3;1H. The fourth-order valence-electron chi connectivity index (χ4n) is 2.35. The Hall–Kier alpha value is -0.280. The van der Waals surface area contributed by atoms with E-state index in [1.165, 1.54) is 12.8 Å². The van der Waals surface area contributed by atoms with Crippen molar-refractivity contribution in [2.75, 3.05) is 19.6 Å². The molecule has 108 valence electrons. The molecule has 1 fully saturated rings. The van der Waals surface area contributed by atoms with Crippen LogP contribution in [0.2, 0.25) is 0 Å². The first-order valence-electron chi connectivity index (χ1n) is 7.21. The van der Waals surface area contributed by atoms with Crippen molar-refractivity contribution in [2.45, 2.75) is 58.9 Å². The Morgan fingerprint density at radius 2 is 1.94 bits per heavy atom. The molecule has 1 amide bonds. The van der Waals surface area contributed by atoms with Gasteiger partial charge in [0.2, 0.25) is 5.91 Å². The summed E-state index contributed by atoms with van der Waals surface area (Å²) in [6.45, 7) is 9.29. The molecule has 1 rings (SSSR count). The second-order valence-corrected chi connectivity index (χ2v) is 5.23. The molecule has 1 unspecified atom stereocenters. The van der Waals surface area contributed by atoms with Crippen LogP contribution in [0.4, 0.5) is 0 Å². The zero-order valence-corrected chi connectivity index (χ0v) is 12.9. The summed E-state index contributed by atoms with van der Waals surface area (Å²) in [5, 5.41) is 3.19. The summed E-state index contributed by atoms with van der Waals surface area (Å²) in [5.74, 6) is 0.622. The number of hydrogen-bond donors (Lipinski definition) is 1. The second kappa shape index (κ2) is 9.62. The van der Waals surface area contributed by atoms with Gasteiger partial charge in [-0.25, -0.2) is 0 Å². The third kappa shape index (κ3) is 5.15. The molecule has 0 aromatic carbocycles. The highest BCUT2D eigenvalue weighted by Gasteiger charge is 2.30. The van der Waals surface area contributed by atoms with Crippen LogP contribution in [0.3, 0.4) is 0 Å². The summed E-state index contributed by atoms with van der Waals surface area (Å²) in [7, 11) is 0. The van der Waals surface area contributed by atoms with Crippen molar-refractivity contribution in [1.29, 1.82) is 0 Å². The van der Waals surface area contributed by atoms with Crippen molar-refractivity contribution >= 4 is 18.3 Å². The Kier molecular flexibility index (Phi) is 9.47. The first-order chi connectivity index (χ1) is 8.20. The minimum absolute atomic E-state index is 0. The molecule has 0 radical (unpaired) electrons. The highest BCUT2D eigenvalue weighted by molar-refractivity contribution is 5.85. The van der Waals surface area contributed by atoms with Gasteiger partial charge in [0.05, 0.1) is 5.92 Å². The van der Waals surface area contributed by atoms with Gasteiger partial charge in [-0.3, -0.25) is 4.79 Å². The molecule has 1 heterocycles. The largest absolute Gasteiger partial charge is 0.340 e. The van der Waals surface area contributed by atoms with Crippen LogP contribution in [0, 0.1) is 5.92 Å². The van der Waals surface area contributed by atoms with E-state index < -0.39 is 0 Å². The zero-order valence-electron chi connectivity index (χ0n) is 12.1. The Balaban J connectivity index is 0.00000289. The zero-order chi connectivity index (χ0) is 12.7. The number of nitrogens with zero attached hydrogens (tertiary/aromatic N) is 1. The molecule has 0 saturated carbocycles. The maximum absolute atomic E-state index is 12.3. The lowest BCUT2D eigenvalue weighted by Gasteiger charge is -2.36. The van der Waals surface area contributed by atoms with Gasteiger partial charge < -0.3 is 10.2 Å². The van der Waals surface area contributed by atoms with E-state index >= 15 is 0 Å². The van der Waals surface area contributed by atoms with Crippen molar-refractivity contribution in [3.8, 4) is 0 Å². The Bertz CT molecular complexity index is 232. The number of rotatable bonds is 8. The third-order valence-electron chi connectivity index (χ3n) is 3.65. The molecule has 0 spiro atoms. The van der Waals surface area contributed by atoms with Crippen LogP contribution in [-0.4, -0.2) is 36.5 Å². The maximum atomic E-state index is 12.3. The monoisotopic (exact) mass is 276 g/mol. The van der Waals surface area contributed by atoms with E-state index in [0.717, 1.165) is 38.9 Å². The van der Waals surface area contributed by atoms with Gasteiger partial charge in [-0.2, -0.15) is 0 Å². The number of carbonyl (C=O) groups excluding carboxylic acids is 1. The summed E-state index contributed by atoms with van der Waals surface area (Å²) < 4.78 is 0. The van der Waals surface area contributed by atoms with E-state index in [2.05, 4.69) is 31.0 Å². The first kappa shape index (κ1) is 17.7. The Morgan fingerprint density at radius 1 is 1.28 bits per heavy atom. The normalized spacial score (nSPS) is 16.6. The molecule has 0 aliphatic carbocycles. The topological polar surface area (TPSA) is 32.3 Å². The second-order valence-electron chi connectivity index (χ2n) is 5.23. The van der Waals surface area contributed by atoms with Crippen LogP contribution in [0.25, 0.3) is 0 Å². The molecule has 3 nitrogen and oxygen atoms in total. The highest BCUT2D eigenvalue weighted by atomic mass is 35.5. The van der Waals surface area contributed by atoms with E-state index in [1.807, 2.05) is 0 Å². The third-order valence-corrected chi connectivity index (χ3v) is 3.65. The van der Waals surface area contributed by atoms with Crippen molar-refractivity contribution in [2.24, 2.45) is 5.92 Å².